The van der Waals surface area contributed by atoms with Crippen molar-refractivity contribution in [2.24, 2.45) is 5.92 Å². The van der Waals surface area contributed by atoms with Gasteiger partial charge < -0.3 is 10.2 Å². The highest BCUT2D eigenvalue weighted by Crippen LogP contribution is 2.44. The van der Waals surface area contributed by atoms with Gasteiger partial charge in [-0.15, -0.1) is 0 Å². The molecule has 2 N–H and O–H groups in total. The fourth-order valence-corrected chi connectivity index (χ4v) is 5.49. The van der Waals surface area contributed by atoms with E-state index in [2.05, 4.69) is 28.1 Å². The highest BCUT2D eigenvalue weighted by molar-refractivity contribution is 5.69. The van der Waals surface area contributed by atoms with Crippen molar-refractivity contribution in [1.82, 2.24) is 19.7 Å². The molecule has 0 spiro atoms. The molecule has 2 atom stereocenters. The van der Waals surface area contributed by atoms with Crippen LogP contribution in [0.1, 0.15) is 62.3 Å². The number of aromatic nitrogens is 3. The maximum Gasteiger partial charge on any atom is 0.433 e. The molecule has 2 aromatic heterocycles. The molecule has 38 heavy (non-hydrogen) atoms. The third-order valence-corrected chi connectivity index (χ3v) is 7.99. The highest BCUT2D eigenvalue weighted by atomic mass is 19.4. The monoisotopic (exact) mass is 528 g/mol. The highest BCUT2D eigenvalue weighted by Gasteiger charge is 2.35. The fraction of sp³-hybridized carbons (Fsp3) is 0.517. The molecule has 1 saturated carbocycles. The number of halogens is 3. The Hall–Kier alpha value is -2.75. The molecule has 5 rings (SSSR count). The lowest BCUT2D eigenvalue weighted by Crippen LogP contribution is -2.47. The zero-order valence-electron chi connectivity index (χ0n) is 21.9. The van der Waals surface area contributed by atoms with Crippen molar-refractivity contribution in [3.05, 3.63) is 59.4 Å². The second kappa shape index (κ2) is 10.4. The maximum atomic E-state index is 13.0. The summed E-state index contributed by atoms with van der Waals surface area (Å²) in [6.07, 6.45) is 1.01. The van der Waals surface area contributed by atoms with Gasteiger partial charge in [-0.3, -0.25) is 14.6 Å². The second-order valence-electron chi connectivity index (χ2n) is 10.9. The van der Waals surface area contributed by atoms with Crippen LogP contribution in [0.25, 0.3) is 22.5 Å². The van der Waals surface area contributed by atoms with Crippen LogP contribution in [0.15, 0.2) is 42.6 Å². The normalized spacial score (nSPS) is 20.4. The number of hydrogen-bond donors (Lipinski definition) is 2. The van der Waals surface area contributed by atoms with Crippen LogP contribution in [0.5, 0.6) is 0 Å². The molecular formula is C29H35F3N4O2. The minimum absolute atomic E-state index is 0.0426. The van der Waals surface area contributed by atoms with Gasteiger partial charge in [0, 0.05) is 42.9 Å². The van der Waals surface area contributed by atoms with E-state index in [9.17, 15) is 23.4 Å². The van der Waals surface area contributed by atoms with Crippen molar-refractivity contribution in [3.8, 4) is 22.5 Å². The number of piperidine rings is 1. The SMILES string of the molecule is CCn1nc(-c2ccc(CN3CCC[C@H]([C@](C)(O)CO)C3)c(C3CC3)c2)cc1-c1ccc(C(F)(F)F)nc1. The Morgan fingerprint density at radius 1 is 1.05 bits per heavy atom. The predicted octanol–water partition coefficient (Wildman–Crippen LogP) is 5.48. The van der Waals surface area contributed by atoms with Gasteiger partial charge in [0.05, 0.1) is 23.6 Å². The second-order valence-corrected chi connectivity index (χ2v) is 10.9. The minimum atomic E-state index is -4.47. The standard InChI is InChI=1S/C29H35F3N4O2/c1-3-36-26(21-10-11-27(33-15-21)29(30,31)32)14-25(34-36)20-8-9-22(24(13-20)19-6-7-19)16-35-12-4-5-23(17-35)28(2,38)18-37/h8-11,13-15,19,23,37-38H,3-7,12,16-18H2,1-2H3/t23-,28+/m0/s1. The van der Waals surface area contributed by atoms with E-state index in [1.807, 2.05) is 13.0 Å². The summed E-state index contributed by atoms with van der Waals surface area (Å²) in [7, 11) is 0. The molecule has 1 aliphatic heterocycles. The molecule has 0 radical (unpaired) electrons. The van der Waals surface area contributed by atoms with E-state index in [0.29, 0.717) is 18.0 Å². The molecule has 1 aliphatic carbocycles. The van der Waals surface area contributed by atoms with Gasteiger partial charge in [-0.05, 0) is 87.4 Å². The minimum Gasteiger partial charge on any atom is -0.393 e. The topological polar surface area (TPSA) is 74.4 Å². The van der Waals surface area contributed by atoms with E-state index in [0.717, 1.165) is 68.3 Å². The number of aliphatic hydroxyl groups excluding tert-OH is 1. The van der Waals surface area contributed by atoms with Crippen LogP contribution >= 0.6 is 0 Å². The van der Waals surface area contributed by atoms with Crippen LogP contribution in [-0.2, 0) is 19.3 Å². The van der Waals surface area contributed by atoms with Gasteiger partial charge in [-0.2, -0.15) is 18.3 Å². The summed E-state index contributed by atoms with van der Waals surface area (Å²) < 4.78 is 40.7. The summed E-state index contributed by atoms with van der Waals surface area (Å²) in [6, 6.07) is 10.8. The van der Waals surface area contributed by atoms with Crippen molar-refractivity contribution in [2.75, 3.05) is 19.7 Å². The number of alkyl halides is 3. The van der Waals surface area contributed by atoms with Crippen molar-refractivity contribution < 1.29 is 23.4 Å². The molecule has 1 aromatic carbocycles. The van der Waals surface area contributed by atoms with Gasteiger partial charge in [0.1, 0.15) is 5.69 Å². The molecule has 204 valence electrons. The number of rotatable bonds is 8. The maximum absolute atomic E-state index is 13.0. The molecule has 3 aromatic rings. The molecule has 2 fully saturated rings. The van der Waals surface area contributed by atoms with Gasteiger partial charge >= 0.3 is 6.18 Å². The van der Waals surface area contributed by atoms with Gasteiger partial charge in [0.2, 0.25) is 0 Å². The third kappa shape index (κ3) is 5.65. The van der Waals surface area contributed by atoms with Crippen LogP contribution in [0, 0.1) is 5.92 Å². The van der Waals surface area contributed by atoms with E-state index < -0.39 is 17.5 Å². The van der Waals surface area contributed by atoms with Crippen LogP contribution < -0.4 is 0 Å². The third-order valence-electron chi connectivity index (χ3n) is 7.99. The van der Waals surface area contributed by atoms with Crippen molar-refractivity contribution in [2.45, 2.75) is 70.3 Å². The molecule has 3 heterocycles. The van der Waals surface area contributed by atoms with Crippen molar-refractivity contribution in [1.29, 1.82) is 0 Å². The molecule has 0 bridgehead atoms. The first-order valence-corrected chi connectivity index (χ1v) is 13.4. The Bertz CT molecular complexity index is 1270. The van der Waals surface area contributed by atoms with E-state index in [1.165, 1.54) is 23.4 Å². The van der Waals surface area contributed by atoms with E-state index in [-0.39, 0.29) is 12.5 Å². The number of pyridine rings is 1. The fourth-order valence-electron chi connectivity index (χ4n) is 5.49. The van der Waals surface area contributed by atoms with Crippen LogP contribution in [0.3, 0.4) is 0 Å². The average molecular weight is 529 g/mol. The average Bonchev–Trinajstić information content (AvgIpc) is 3.66. The Morgan fingerprint density at radius 2 is 1.82 bits per heavy atom. The Kier molecular flexibility index (Phi) is 7.37. The van der Waals surface area contributed by atoms with Crippen LogP contribution in [0.4, 0.5) is 13.2 Å². The largest absolute Gasteiger partial charge is 0.433 e. The lowest BCUT2D eigenvalue weighted by atomic mass is 9.83. The van der Waals surface area contributed by atoms with Gasteiger partial charge in [0.25, 0.3) is 0 Å². The molecular weight excluding hydrogens is 493 g/mol. The van der Waals surface area contributed by atoms with Crippen molar-refractivity contribution in [3.63, 3.8) is 0 Å². The first kappa shape index (κ1) is 26.8. The predicted molar refractivity (Wildman–Crippen MR) is 139 cm³/mol. The number of benzene rings is 1. The lowest BCUT2D eigenvalue weighted by Gasteiger charge is -2.39. The van der Waals surface area contributed by atoms with Crippen molar-refractivity contribution >= 4 is 0 Å². The Labute approximate surface area is 221 Å². The number of aryl methyl sites for hydroxylation is 1. The van der Waals surface area contributed by atoms with Crippen LogP contribution in [0.2, 0.25) is 0 Å². The number of hydrogen-bond acceptors (Lipinski definition) is 5. The first-order chi connectivity index (χ1) is 18.1. The molecule has 6 nitrogen and oxygen atoms in total. The number of likely N-dealkylation sites (tertiary alicyclic amines) is 1. The first-order valence-electron chi connectivity index (χ1n) is 13.4. The Morgan fingerprint density at radius 3 is 2.45 bits per heavy atom. The quantitative estimate of drug-likeness (QED) is 0.405. The molecule has 2 aliphatic rings. The zero-order valence-corrected chi connectivity index (χ0v) is 21.9. The summed E-state index contributed by atoms with van der Waals surface area (Å²) >= 11 is 0. The number of aliphatic hydroxyl groups is 2. The van der Waals surface area contributed by atoms with E-state index >= 15 is 0 Å². The molecule has 1 saturated heterocycles. The van der Waals surface area contributed by atoms with Gasteiger partial charge in [-0.25, -0.2) is 0 Å². The summed E-state index contributed by atoms with van der Waals surface area (Å²) in [5.41, 5.74) is 3.72. The lowest BCUT2D eigenvalue weighted by molar-refractivity contribution is -0.141. The van der Waals surface area contributed by atoms with E-state index in [1.54, 1.807) is 11.6 Å². The summed E-state index contributed by atoms with van der Waals surface area (Å²) in [5, 5.41) is 25.0. The molecule has 9 heteroatoms. The zero-order chi connectivity index (χ0) is 27.1. The molecule has 0 amide bonds. The molecule has 0 unspecified atom stereocenters. The Balaban J connectivity index is 1.40. The summed E-state index contributed by atoms with van der Waals surface area (Å²) in [4.78, 5) is 6.00. The van der Waals surface area contributed by atoms with Gasteiger partial charge in [-0.1, -0.05) is 12.1 Å². The smallest absolute Gasteiger partial charge is 0.393 e. The van der Waals surface area contributed by atoms with Gasteiger partial charge in [0.15, 0.2) is 0 Å². The summed E-state index contributed by atoms with van der Waals surface area (Å²) in [5.74, 6) is 0.568. The summed E-state index contributed by atoms with van der Waals surface area (Å²) in [6.45, 7) is 6.54. The van der Waals surface area contributed by atoms with E-state index in [4.69, 9.17) is 5.10 Å². The van der Waals surface area contributed by atoms with Crippen LogP contribution in [-0.4, -0.2) is 55.2 Å². The number of nitrogens with zero attached hydrogens (tertiary/aromatic N) is 4.